The number of hydrogen-bond donors (Lipinski definition) is 1. The van der Waals surface area contributed by atoms with Crippen LogP contribution in [0.4, 0.5) is 0 Å². The minimum Gasteiger partial charge on any atom is -0.460 e. The predicted octanol–water partition coefficient (Wildman–Crippen LogP) is 3.74. The summed E-state index contributed by atoms with van der Waals surface area (Å²) in [6, 6.07) is 0. The van der Waals surface area contributed by atoms with Crippen molar-refractivity contribution in [2.75, 3.05) is 6.61 Å². The van der Waals surface area contributed by atoms with E-state index < -0.39 is 14.4 Å². The zero-order chi connectivity index (χ0) is 17.1. The topological polar surface area (TPSA) is 55.8 Å². The van der Waals surface area contributed by atoms with Gasteiger partial charge in [-0.25, -0.2) is 0 Å². The zero-order valence-corrected chi connectivity index (χ0v) is 16.2. The fourth-order valence-electron chi connectivity index (χ4n) is 1.31. The van der Waals surface area contributed by atoms with Crippen LogP contribution in [-0.2, 0) is 14.0 Å². The van der Waals surface area contributed by atoms with Gasteiger partial charge in [0.2, 0.25) is 0 Å². The summed E-state index contributed by atoms with van der Waals surface area (Å²) in [4.78, 5) is 11.8. The van der Waals surface area contributed by atoms with Crippen LogP contribution in [0, 0.1) is 5.41 Å². The van der Waals surface area contributed by atoms with E-state index in [0.29, 0.717) is 6.61 Å². The second-order valence-corrected chi connectivity index (χ2v) is 13.3. The molecule has 0 radical (unpaired) electrons. The van der Waals surface area contributed by atoms with Crippen molar-refractivity contribution in [2.24, 2.45) is 5.41 Å². The standard InChI is InChI=1S/C16H34O4Si/c1-12(11-19-21(8,9)16(5,6)7)20-14(18)10-13(17)15(2,3)4/h12-13,17H,10-11H2,1-9H3/t12-,13+/m0/s1. The molecule has 1 N–H and O–H groups in total. The van der Waals surface area contributed by atoms with Gasteiger partial charge in [-0.1, -0.05) is 41.5 Å². The molecule has 0 aromatic heterocycles. The lowest BCUT2D eigenvalue weighted by molar-refractivity contribution is -0.153. The van der Waals surface area contributed by atoms with Crippen molar-refractivity contribution in [3.63, 3.8) is 0 Å². The van der Waals surface area contributed by atoms with Crippen LogP contribution < -0.4 is 0 Å². The first-order valence-electron chi connectivity index (χ1n) is 7.68. The highest BCUT2D eigenvalue weighted by molar-refractivity contribution is 6.74. The lowest BCUT2D eigenvalue weighted by atomic mass is 9.87. The van der Waals surface area contributed by atoms with Crippen LogP contribution in [-0.4, -0.2) is 38.2 Å². The van der Waals surface area contributed by atoms with Gasteiger partial charge in [0.25, 0.3) is 0 Å². The fraction of sp³-hybridized carbons (Fsp3) is 0.938. The summed E-state index contributed by atoms with van der Waals surface area (Å²) in [5, 5.41) is 10.0. The van der Waals surface area contributed by atoms with E-state index in [1.54, 1.807) is 0 Å². The lowest BCUT2D eigenvalue weighted by Gasteiger charge is -2.36. The Morgan fingerprint density at radius 3 is 2.00 bits per heavy atom. The van der Waals surface area contributed by atoms with Crippen molar-refractivity contribution in [1.29, 1.82) is 0 Å². The molecule has 0 aromatic carbocycles. The van der Waals surface area contributed by atoms with Gasteiger partial charge in [-0.15, -0.1) is 0 Å². The van der Waals surface area contributed by atoms with Gasteiger partial charge >= 0.3 is 5.97 Å². The molecular weight excluding hydrogens is 284 g/mol. The number of carbonyl (C=O) groups is 1. The molecule has 4 nitrogen and oxygen atoms in total. The number of ether oxygens (including phenoxy) is 1. The second-order valence-electron chi connectivity index (χ2n) is 8.46. The molecule has 2 atom stereocenters. The highest BCUT2D eigenvalue weighted by atomic mass is 28.4. The van der Waals surface area contributed by atoms with Crippen molar-refractivity contribution >= 4 is 14.3 Å². The van der Waals surface area contributed by atoms with E-state index in [1.807, 2.05) is 27.7 Å². The van der Waals surface area contributed by atoms with Gasteiger partial charge in [0.15, 0.2) is 8.32 Å². The molecule has 0 saturated carbocycles. The van der Waals surface area contributed by atoms with Crippen molar-refractivity contribution < 1.29 is 19.1 Å². The summed E-state index contributed by atoms with van der Waals surface area (Å²) in [6.45, 7) is 18.8. The Kier molecular flexibility index (Phi) is 7.11. The van der Waals surface area contributed by atoms with E-state index in [9.17, 15) is 9.90 Å². The quantitative estimate of drug-likeness (QED) is 0.599. The molecule has 0 spiro atoms. The van der Waals surface area contributed by atoms with Crippen LogP contribution >= 0.6 is 0 Å². The van der Waals surface area contributed by atoms with Crippen molar-refractivity contribution in [2.45, 2.75) is 85.2 Å². The summed E-state index contributed by atoms with van der Waals surface area (Å²) in [5.74, 6) is -0.372. The molecule has 0 heterocycles. The molecule has 5 heteroatoms. The molecule has 0 aromatic rings. The SMILES string of the molecule is C[C@@H](CO[Si](C)(C)C(C)(C)C)OC(=O)C[C@@H](O)C(C)(C)C. The molecular formula is C16H34O4Si. The number of aliphatic hydroxyl groups is 1. The number of carbonyl (C=O) groups excluding carboxylic acids is 1. The Labute approximate surface area is 131 Å². The van der Waals surface area contributed by atoms with Gasteiger partial charge < -0.3 is 14.3 Å². The van der Waals surface area contributed by atoms with E-state index in [0.717, 1.165) is 0 Å². The highest BCUT2D eigenvalue weighted by Crippen LogP contribution is 2.36. The third kappa shape index (κ3) is 7.43. The maximum atomic E-state index is 11.8. The van der Waals surface area contributed by atoms with Gasteiger partial charge in [0.1, 0.15) is 6.10 Å². The van der Waals surface area contributed by atoms with Crippen LogP contribution in [0.1, 0.15) is 54.9 Å². The summed E-state index contributed by atoms with van der Waals surface area (Å²) < 4.78 is 11.4. The number of aliphatic hydroxyl groups excluding tert-OH is 1. The Bertz CT molecular complexity index is 339. The number of esters is 1. The first-order chi connectivity index (χ1) is 9.17. The minimum absolute atomic E-state index is 0.0218. The molecule has 0 saturated heterocycles. The van der Waals surface area contributed by atoms with E-state index in [1.165, 1.54) is 0 Å². The van der Waals surface area contributed by atoms with E-state index in [4.69, 9.17) is 9.16 Å². The first-order valence-corrected chi connectivity index (χ1v) is 10.6. The molecule has 0 rings (SSSR count). The monoisotopic (exact) mass is 318 g/mol. The van der Waals surface area contributed by atoms with E-state index in [2.05, 4.69) is 33.9 Å². The number of rotatable bonds is 6. The molecule has 0 amide bonds. The second kappa shape index (κ2) is 7.25. The maximum absolute atomic E-state index is 11.8. The van der Waals surface area contributed by atoms with Gasteiger partial charge in [-0.2, -0.15) is 0 Å². The maximum Gasteiger partial charge on any atom is 0.308 e. The molecule has 0 bridgehead atoms. The van der Waals surface area contributed by atoms with E-state index >= 15 is 0 Å². The predicted molar refractivity (Wildman–Crippen MR) is 88.8 cm³/mol. The normalized spacial score (nSPS) is 16.5. The van der Waals surface area contributed by atoms with Crippen molar-refractivity contribution in [3.05, 3.63) is 0 Å². The van der Waals surface area contributed by atoms with Gasteiger partial charge in [0.05, 0.1) is 19.1 Å². The Morgan fingerprint density at radius 1 is 1.14 bits per heavy atom. The Balaban J connectivity index is 4.28. The summed E-state index contributed by atoms with van der Waals surface area (Å²) in [7, 11) is -1.82. The third-order valence-corrected chi connectivity index (χ3v) is 8.68. The van der Waals surface area contributed by atoms with Crippen LogP contribution in [0.25, 0.3) is 0 Å². The molecule has 0 unspecified atom stereocenters. The van der Waals surface area contributed by atoms with Crippen LogP contribution in [0.3, 0.4) is 0 Å². The fourth-order valence-corrected chi connectivity index (χ4v) is 2.40. The van der Waals surface area contributed by atoms with Crippen molar-refractivity contribution in [3.8, 4) is 0 Å². The first kappa shape index (κ1) is 20.6. The summed E-state index contributed by atoms with van der Waals surface area (Å²) >= 11 is 0. The average Bonchev–Trinajstić information content (AvgIpc) is 2.23. The Hall–Kier alpha value is -0.393. The van der Waals surface area contributed by atoms with E-state index in [-0.39, 0.29) is 28.9 Å². The molecule has 0 aliphatic rings. The third-order valence-electron chi connectivity index (χ3n) is 4.18. The van der Waals surface area contributed by atoms with Gasteiger partial charge in [0, 0.05) is 0 Å². The molecule has 0 fully saturated rings. The number of hydrogen-bond acceptors (Lipinski definition) is 4. The molecule has 21 heavy (non-hydrogen) atoms. The minimum atomic E-state index is -1.82. The summed E-state index contributed by atoms with van der Waals surface area (Å²) in [6.07, 6.45) is -0.967. The Morgan fingerprint density at radius 2 is 1.62 bits per heavy atom. The molecule has 0 aliphatic carbocycles. The van der Waals surface area contributed by atoms with Crippen LogP contribution in [0.5, 0.6) is 0 Å². The summed E-state index contributed by atoms with van der Waals surface area (Å²) in [5.41, 5.74) is -0.320. The highest BCUT2D eigenvalue weighted by Gasteiger charge is 2.37. The van der Waals surface area contributed by atoms with Crippen LogP contribution in [0.2, 0.25) is 18.1 Å². The largest absolute Gasteiger partial charge is 0.460 e. The smallest absolute Gasteiger partial charge is 0.308 e. The average molecular weight is 319 g/mol. The van der Waals surface area contributed by atoms with Crippen LogP contribution in [0.15, 0.2) is 0 Å². The lowest BCUT2D eigenvalue weighted by Crippen LogP contribution is -2.43. The zero-order valence-electron chi connectivity index (χ0n) is 15.2. The molecule has 126 valence electrons. The van der Waals surface area contributed by atoms with Gasteiger partial charge in [-0.3, -0.25) is 4.79 Å². The molecule has 0 aliphatic heterocycles. The van der Waals surface area contributed by atoms with Gasteiger partial charge in [-0.05, 0) is 30.5 Å². The van der Waals surface area contributed by atoms with Crippen molar-refractivity contribution in [1.82, 2.24) is 0 Å².